The molecule has 0 bridgehead atoms. The molecule has 0 spiro atoms. The van der Waals surface area contributed by atoms with Gasteiger partial charge in [0.15, 0.2) is 5.75 Å². The van der Waals surface area contributed by atoms with E-state index in [9.17, 15) is 4.79 Å². The smallest absolute Gasteiger partial charge is 0.341 e. The average molecular weight is 240 g/mol. The third kappa shape index (κ3) is 2.26. The number of hydrogen-bond donors (Lipinski definition) is 0. The topological polar surface area (TPSA) is 59.3 Å². The Morgan fingerprint density at radius 1 is 1.56 bits per heavy atom. The Balaban J connectivity index is 3.31. The molecule has 0 aromatic heterocycles. The van der Waals surface area contributed by atoms with Crippen LogP contribution in [0.1, 0.15) is 22.8 Å². The van der Waals surface area contributed by atoms with E-state index in [0.29, 0.717) is 0 Å². The number of nitriles is 1. The molecule has 0 heterocycles. The molecule has 0 saturated heterocycles. The Kier molecular flexibility index (Phi) is 4.15. The summed E-state index contributed by atoms with van der Waals surface area (Å²) in [6.45, 7) is 1.96. The number of ether oxygens (including phenoxy) is 2. The van der Waals surface area contributed by atoms with E-state index in [0.717, 1.165) is 0 Å². The van der Waals surface area contributed by atoms with Crippen LogP contribution in [0, 0.1) is 11.3 Å². The molecule has 4 nitrogen and oxygen atoms in total. The summed E-state index contributed by atoms with van der Waals surface area (Å²) in [6.07, 6.45) is 0. The molecule has 0 N–H and O–H groups in total. The molecule has 0 unspecified atom stereocenters. The van der Waals surface area contributed by atoms with Gasteiger partial charge in [0.1, 0.15) is 17.2 Å². The summed E-state index contributed by atoms with van der Waals surface area (Å²) >= 11 is 5.81. The second-order valence-corrected chi connectivity index (χ2v) is 3.24. The molecule has 1 aromatic carbocycles. The van der Waals surface area contributed by atoms with Crippen LogP contribution in [0.2, 0.25) is 5.02 Å². The molecule has 0 aliphatic heterocycles. The van der Waals surface area contributed by atoms with Crippen LogP contribution >= 0.6 is 11.6 Å². The number of methoxy groups -OCH3 is 1. The van der Waals surface area contributed by atoms with Crippen molar-refractivity contribution in [3.8, 4) is 11.8 Å². The normalized spacial score (nSPS) is 9.38. The average Bonchev–Trinajstić information content (AvgIpc) is 2.28. The van der Waals surface area contributed by atoms with Gasteiger partial charge in [0, 0.05) is 0 Å². The number of hydrogen-bond acceptors (Lipinski definition) is 4. The predicted octanol–water partition coefficient (Wildman–Crippen LogP) is 2.40. The minimum atomic E-state index is -0.535. The van der Waals surface area contributed by atoms with Crippen molar-refractivity contribution in [2.45, 2.75) is 6.92 Å². The zero-order valence-electron chi connectivity index (χ0n) is 8.91. The lowest BCUT2D eigenvalue weighted by atomic mass is 10.1. The fourth-order valence-corrected chi connectivity index (χ4v) is 1.44. The molecule has 0 aliphatic carbocycles. The maximum absolute atomic E-state index is 11.5. The Morgan fingerprint density at radius 3 is 2.75 bits per heavy atom. The van der Waals surface area contributed by atoms with Gasteiger partial charge in [-0.15, -0.1) is 0 Å². The molecular formula is C11H10ClNO3. The highest BCUT2D eigenvalue weighted by Crippen LogP contribution is 2.30. The molecule has 0 saturated carbocycles. The van der Waals surface area contributed by atoms with E-state index < -0.39 is 5.97 Å². The molecule has 0 fully saturated rings. The van der Waals surface area contributed by atoms with E-state index in [4.69, 9.17) is 26.3 Å². The highest BCUT2D eigenvalue weighted by atomic mass is 35.5. The third-order valence-corrected chi connectivity index (χ3v) is 2.23. The van der Waals surface area contributed by atoms with E-state index in [2.05, 4.69) is 0 Å². The maximum Gasteiger partial charge on any atom is 0.341 e. The molecule has 5 heteroatoms. The van der Waals surface area contributed by atoms with Crippen LogP contribution in [0.15, 0.2) is 12.1 Å². The monoisotopic (exact) mass is 239 g/mol. The lowest BCUT2D eigenvalue weighted by Crippen LogP contribution is -2.07. The zero-order valence-corrected chi connectivity index (χ0v) is 9.67. The van der Waals surface area contributed by atoms with Crippen LogP contribution in [0.5, 0.6) is 5.75 Å². The molecule has 0 radical (unpaired) electrons. The van der Waals surface area contributed by atoms with Gasteiger partial charge in [0.2, 0.25) is 0 Å². The minimum Gasteiger partial charge on any atom is -0.494 e. The summed E-state index contributed by atoms with van der Waals surface area (Å²) in [5.74, 6) is -0.388. The Morgan fingerprint density at radius 2 is 2.25 bits per heavy atom. The number of benzene rings is 1. The van der Waals surface area contributed by atoms with Gasteiger partial charge in [-0.05, 0) is 19.1 Å². The first-order valence-electron chi connectivity index (χ1n) is 4.59. The molecule has 0 atom stereocenters. The van der Waals surface area contributed by atoms with Crippen molar-refractivity contribution in [1.29, 1.82) is 5.26 Å². The van der Waals surface area contributed by atoms with Crippen molar-refractivity contribution < 1.29 is 14.3 Å². The summed E-state index contributed by atoms with van der Waals surface area (Å²) in [4.78, 5) is 11.5. The first kappa shape index (κ1) is 12.3. The number of carbonyl (C=O) groups excluding carboxylic acids is 1. The number of esters is 1. The Hall–Kier alpha value is -1.73. The first-order valence-corrected chi connectivity index (χ1v) is 4.97. The van der Waals surface area contributed by atoms with Gasteiger partial charge in [-0.1, -0.05) is 11.6 Å². The van der Waals surface area contributed by atoms with Gasteiger partial charge in [0.05, 0.1) is 18.7 Å². The molecule has 84 valence electrons. The van der Waals surface area contributed by atoms with E-state index >= 15 is 0 Å². The molecule has 16 heavy (non-hydrogen) atoms. The molecule has 0 aliphatic rings. The van der Waals surface area contributed by atoms with Crippen molar-refractivity contribution in [3.05, 3.63) is 28.3 Å². The Labute approximate surface area is 98.3 Å². The lowest BCUT2D eigenvalue weighted by molar-refractivity contribution is 0.0522. The number of halogens is 1. The van der Waals surface area contributed by atoms with Crippen molar-refractivity contribution >= 4 is 17.6 Å². The van der Waals surface area contributed by atoms with Gasteiger partial charge in [-0.25, -0.2) is 4.79 Å². The fourth-order valence-electron chi connectivity index (χ4n) is 1.24. The maximum atomic E-state index is 11.5. The third-order valence-electron chi connectivity index (χ3n) is 1.92. The van der Waals surface area contributed by atoms with Crippen molar-refractivity contribution in [2.75, 3.05) is 13.7 Å². The van der Waals surface area contributed by atoms with Crippen molar-refractivity contribution in [2.24, 2.45) is 0 Å². The van der Waals surface area contributed by atoms with Crippen molar-refractivity contribution in [3.63, 3.8) is 0 Å². The number of nitrogens with zero attached hydrogens (tertiary/aromatic N) is 1. The molecule has 1 aromatic rings. The van der Waals surface area contributed by atoms with Crippen LogP contribution in [0.3, 0.4) is 0 Å². The highest BCUT2D eigenvalue weighted by Gasteiger charge is 2.19. The van der Waals surface area contributed by atoms with Gasteiger partial charge in [-0.3, -0.25) is 0 Å². The largest absolute Gasteiger partial charge is 0.494 e. The standard InChI is InChI=1S/C11H10ClNO3/c1-3-16-11(14)7-4-5-9(12)8(6-13)10(7)15-2/h4-5H,3H2,1-2H3. The summed E-state index contributed by atoms with van der Waals surface area (Å²) in [7, 11) is 1.37. The zero-order chi connectivity index (χ0) is 12.1. The van der Waals surface area contributed by atoms with Gasteiger partial charge in [-0.2, -0.15) is 5.26 Å². The SMILES string of the molecule is CCOC(=O)c1ccc(Cl)c(C#N)c1OC. The van der Waals surface area contributed by atoms with Crippen LogP contribution in [0.4, 0.5) is 0 Å². The van der Waals surface area contributed by atoms with Crippen LogP contribution < -0.4 is 4.74 Å². The van der Waals surface area contributed by atoms with Crippen molar-refractivity contribution in [1.82, 2.24) is 0 Å². The minimum absolute atomic E-state index is 0.134. The highest BCUT2D eigenvalue weighted by molar-refractivity contribution is 6.32. The first-order chi connectivity index (χ1) is 7.65. The number of rotatable bonds is 3. The Bertz CT molecular complexity index is 451. The molecular weight excluding hydrogens is 230 g/mol. The fraction of sp³-hybridized carbons (Fsp3) is 0.273. The van der Waals surface area contributed by atoms with Gasteiger partial charge < -0.3 is 9.47 Å². The number of carbonyl (C=O) groups is 1. The summed E-state index contributed by atoms with van der Waals surface area (Å²) in [6, 6.07) is 4.83. The van der Waals surface area contributed by atoms with E-state index in [1.807, 2.05) is 6.07 Å². The van der Waals surface area contributed by atoms with E-state index in [1.54, 1.807) is 6.92 Å². The molecule has 1 rings (SSSR count). The van der Waals surface area contributed by atoms with E-state index in [-0.39, 0.29) is 28.5 Å². The summed E-state index contributed by atoms with van der Waals surface area (Å²) in [5, 5.41) is 9.14. The lowest BCUT2D eigenvalue weighted by Gasteiger charge is -2.09. The van der Waals surface area contributed by atoms with Crippen LogP contribution in [-0.4, -0.2) is 19.7 Å². The van der Waals surface area contributed by atoms with Crippen LogP contribution in [-0.2, 0) is 4.74 Å². The summed E-state index contributed by atoms with van der Waals surface area (Å²) in [5.41, 5.74) is 0.333. The second kappa shape index (κ2) is 5.38. The summed E-state index contributed by atoms with van der Waals surface area (Å²) < 4.78 is 9.85. The van der Waals surface area contributed by atoms with Crippen LogP contribution in [0.25, 0.3) is 0 Å². The van der Waals surface area contributed by atoms with Gasteiger partial charge in [0.25, 0.3) is 0 Å². The van der Waals surface area contributed by atoms with Gasteiger partial charge >= 0.3 is 5.97 Å². The predicted molar refractivity (Wildman–Crippen MR) is 58.7 cm³/mol. The molecule has 0 amide bonds. The quantitative estimate of drug-likeness (QED) is 0.760. The van der Waals surface area contributed by atoms with E-state index in [1.165, 1.54) is 19.2 Å². The second-order valence-electron chi connectivity index (χ2n) is 2.84.